The molecule has 0 heterocycles. The van der Waals surface area contributed by atoms with Crippen LogP contribution in [0.4, 0.5) is 0 Å². The van der Waals surface area contributed by atoms with E-state index < -0.39 is 36.8 Å². The van der Waals surface area contributed by atoms with Crippen LogP contribution in [-0.4, -0.2) is 73.2 Å². The fourth-order valence-electron chi connectivity index (χ4n) is 1.50. The first kappa shape index (κ1) is 17.9. The quantitative estimate of drug-likeness (QED) is 0.318. The largest absolute Gasteiger partial charge is 0.508 e. The van der Waals surface area contributed by atoms with E-state index in [0.29, 0.717) is 4.90 Å². The first-order chi connectivity index (χ1) is 9.86. The van der Waals surface area contributed by atoms with Gasteiger partial charge in [0.05, 0.1) is 12.4 Å². The minimum Gasteiger partial charge on any atom is -0.508 e. The molecule has 1 rings (SSSR count). The molecule has 1 aromatic carbocycles. The van der Waals surface area contributed by atoms with Gasteiger partial charge in [-0.2, -0.15) is 0 Å². The molecule has 0 unspecified atom stereocenters. The highest BCUT2D eigenvalue weighted by Gasteiger charge is 2.33. The lowest BCUT2D eigenvalue weighted by Crippen LogP contribution is -2.49. The average molecular weight is 318 g/mol. The Kier molecular flexibility index (Phi) is 7.09. The third-order valence-electron chi connectivity index (χ3n) is 2.80. The average Bonchev–Trinajstić information content (AvgIpc) is 2.50. The van der Waals surface area contributed by atoms with Gasteiger partial charge in [0.25, 0.3) is 0 Å². The highest BCUT2D eigenvalue weighted by atomic mass is 32.2. The Morgan fingerprint density at radius 1 is 1.05 bits per heavy atom. The van der Waals surface area contributed by atoms with Crippen LogP contribution in [-0.2, 0) is 4.79 Å². The Morgan fingerprint density at radius 2 is 1.62 bits per heavy atom. The first-order valence-corrected chi connectivity index (χ1v) is 7.13. The topological polar surface area (TPSA) is 138 Å². The predicted octanol–water partition coefficient (Wildman–Crippen LogP) is -1.51. The second-order valence-electron chi connectivity index (χ2n) is 4.42. The number of Topliss-reactive ketones (excluding diaryl/α,β-unsaturated/α-hetero) is 1. The van der Waals surface area contributed by atoms with Gasteiger partial charge < -0.3 is 30.6 Å². The van der Waals surface area contributed by atoms with Crippen LogP contribution in [0.25, 0.3) is 0 Å². The summed E-state index contributed by atoms with van der Waals surface area (Å²) in [6.07, 6.45) is -7.23. The van der Waals surface area contributed by atoms with Gasteiger partial charge in [0.1, 0.15) is 30.2 Å². The third kappa shape index (κ3) is 5.27. The second kappa shape index (κ2) is 8.32. The number of aliphatic hydroxyl groups is 5. The number of ketones is 1. The van der Waals surface area contributed by atoms with Gasteiger partial charge in [-0.25, -0.2) is 0 Å². The van der Waals surface area contributed by atoms with Crippen LogP contribution >= 0.6 is 11.8 Å². The monoisotopic (exact) mass is 318 g/mol. The summed E-state index contributed by atoms with van der Waals surface area (Å²) < 4.78 is 0. The van der Waals surface area contributed by atoms with Crippen molar-refractivity contribution in [2.75, 3.05) is 12.4 Å². The summed E-state index contributed by atoms with van der Waals surface area (Å²) in [6, 6.07) is 6.06. The molecule has 0 spiro atoms. The Morgan fingerprint density at radius 3 is 2.14 bits per heavy atom. The number of hydrogen-bond acceptors (Lipinski definition) is 8. The van der Waals surface area contributed by atoms with E-state index in [4.69, 9.17) is 15.3 Å². The van der Waals surface area contributed by atoms with E-state index in [1.54, 1.807) is 12.1 Å². The summed E-state index contributed by atoms with van der Waals surface area (Å²) in [6.45, 7) is -0.804. The van der Waals surface area contributed by atoms with Gasteiger partial charge in [0.2, 0.25) is 0 Å². The molecule has 0 radical (unpaired) electrons. The maximum Gasteiger partial charge on any atom is 0.174 e. The summed E-state index contributed by atoms with van der Waals surface area (Å²) in [5.74, 6) is -0.808. The molecule has 7 nitrogen and oxygen atoms in total. The van der Waals surface area contributed by atoms with Crippen LogP contribution in [0.3, 0.4) is 0 Å². The fourth-order valence-corrected chi connectivity index (χ4v) is 2.30. The molecule has 1 aromatic rings. The standard InChI is InChI=1S/C13H18O7S/c14-5-9(16)11(18)13(20)12(19)10(17)6-21-8-3-1-7(15)2-4-8/h1-4,9,11-16,18-20H,5-6H2/t9-,11-,12+,13+/m1/s1. The van der Waals surface area contributed by atoms with Gasteiger partial charge in [-0.05, 0) is 24.3 Å². The fraction of sp³-hybridized carbons (Fsp3) is 0.462. The molecule has 0 bridgehead atoms. The summed E-state index contributed by atoms with van der Waals surface area (Å²) in [5, 5.41) is 55.5. The number of benzene rings is 1. The smallest absolute Gasteiger partial charge is 0.174 e. The maximum absolute atomic E-state index is 11.7. The number of aliphatic hydroxyl groups excluding tert-OH is 5. The maximum atomic E-state index is 11.7. The second-order valence-corrected chi connectivity index (χ2v) is 5.47. The van der Waals surface area contributed by atoms with Gasteiger partial charge >= 0.3 is 0 Å². The van der Waals surface area contributed by atoms with Gasteiger partial charge in [0, 0.05) is 4.90 Å². The van der Waals surface area contributed by atoms with E-state index in [0.717, 1.165) is 11.8 Å². The molecule has 0 aliphatic rings. The van der Waals surface area contributed by atoms with E-state index in [2.05, 4.69) is 0 Å². The number of carbonyl (C=O) groups excluding carboxylic acids is 1. The Hall–Kier alpha value is -1.16. The molecule has 118 valence electrons. The molecular weight excluding hydrogens is 300 g/mol. The van der Waals surface area contributed by atoms with Crippen molar-refractivity contribution < 1.29 is 35.4 Å². The van der Waals surface area contributed by atoms with Crippen molar-refractivity contribution >= 4 is 17.5 Å². The normalized spacial score (nSPS) is 17.0. The van der Waals surface area contributed by atoms with Crippen molar-refractivity contribution in [2.24, 2.45) is 0 Å². The first-order valence-electron chi connectivity index (χ1n) is 6.14. The van der Waals surface area contributed by atoms with Gasteiger partial charge in [-0.1, -0.05) is 0 Å². The zero-order valence-electron chi connectivity index (χ0n) is 11.0. The van der Waals surface area contributed by atoms with Crippen molar-refractivity contribution in [2.45, 2.75) is 29.3 Å². The minimum atomic E-state index is -1.89. The third-order valence-corrected chi connectivity index (χ3v) is 3.84. The number of phenols is 1. The van der Waals surface area contributed by atoms with Crippen molar-refractivity contribution in [3.05, 3.63) is 24.3 Å². The molecule has 0 saturated heterocycles. The molecule has 0 saturated carbocycles. The van der Waals surface area contributed by atoms with Crippen molar-refractivity contribution in [3.63, 3.8) is 0 Å². The van der Waals surface area contributed by atoms with Crippen LogP contribution in [0.5, 0.6) is 5.75 Å². The minimum absolute atomic E-state index is 0.0854. The molecule has 0 aliphatic carbocycles. The van der Waals surface area contributed by atoms with Gasteiger partial charge in [0.15, 0.2) is 5.78 Å². The van der Waals surface area contributed by atoms with Crippen molar-refractivity contribution in [1.82, 2.24) is 0 Å². The molecule has 0 aliphatic heterocycles. The highest BCUT2D eigenvalue weighted by molar-refractivity contribution is 8.00. The van der Waals surface area contributed by atoms with E-state index in [9.17, 15) is 20.1 Å². The number of aromatic hydroxyl groups is 1. The molecule has 0 aromatic heterocycles. The number of phenolic OH excluding ortho intramolecular Hbond substituents is 1. The van der Waals surface area contributed by atoms with E-state index in [1.807, 2.05) is 0 Å². The van der Waals surface area contributed by atoms with Gasteiger partial charge in [-0.3, -0.25) is 4.79 Å². The van der Waals surface area contributed by atoms with E-state index in [-0.39, 0.29) is 11.5 Å². The lowest BCUT2D eigenvalue weighted by molar-refractivity contribution is -0.144. The number of carbonyl (C=O) groups is 1. The van der Waals surface area contributed by atoms with Crippen LogP contribution < -0.4 is 0 Å². The van der Waals surface area contributed by atoms with Crippen LogP contribution in [0.2, 0.25) is 0 Å². The van der Waals surface area contributed by atoms with Crippen molar-refractivity contribution in [3.8, 4) is 5.75 Å². The summed E-state index contributed by atoms with van der Waals surface area (Å²) in [5.41, 5.74) is 0. The Labute approximate surface area is 125 Å². The zero-order chi connectivity index (χ0) is 16.0. The number of hydrogen-bond donors (Lipinski definition) is 6. The lowest BCUT2D eigenvalue weighted by Gasteiger charge is -2.24. The lowest BCUT2D eigenvalue weighted by atomic mass is 10.0. The van der Waals surface area contributed by atoms with Gasteiger partial charge in [-0.15, -0.1) is 11.8 Å². The van der Waals surface area contributed by atoms with E-state index in [1.165, 1.54) is 12.1 Å². The van der Waals surface area contributed by atoms with Crippen LogP contribution in [0, 0.1) is 0 Å². The zero-order valence-corrected chi connectivity index (χ0v) is 11.8. The number of rotatable bonds is 8. The Bertz CT molecular complexity index is 450. The van der Waals surface area contributed by atoms with Crippen molar-refractivity contribution in [1.29, 1.82) is 0 Å². The SMILES string of the molecule is O=C(CSc1ccc(O)cc1)[C@H](O)[C@@H](O)[C@H](O)[C@H](O)CO. The highest BCUT2D eigenvalue weighted by Crippen LogP contribution is 2.21. The molecule has 0 fully saturated rings. The summed E-state index contributed by atoms with van der Waals surface area (Å²) in [7, 11) is 0. The molecule has 0 amide bonds. The molecule has 6 N–H and O–H groups in total. The van der Waals surface area contributed by atoms with Crippen LogP contribution in [0.15, 0.2) is 29.2 Å². The van der Waals surface area contributed by atoms with Crippen LogP contribution in [0.1, 0.15) is 0 Å². The number of thioether (sulfide) groups is 1. The molecule has 21 heavy (non-hydrogen) atoms. The molecule has 4 atom stereocenters. The predicted molar refractivity (Wildman–Crippen MR) is 75.0 cm³/mol. The molecular formula is C13H18O7S. The molecule has 8 heteroatoms. The summed E-state index contributed by atoms with van der Waals surface area (Å²) >= 11 is 1.08. The Balaban J connectivity index is 2.52. The van der Waals surface area contributed by atoms with E-state index >= 15 is 0 Å². The summed E-state index contributed by atoms with van der Waals surface area (Å²) in [4.78, 5) is 12.4.